The second-order valence-corrected chi connectivity index (χ2v) is 11.2. The van der Waals surface area contributed by atoms with Crippen LogP contribution in [-0.4, -0.2) is 0 Å². The van der Waals surface area contributed by atoms with Gasteiger partial charge in [-0.25, -0.2) is 0 Å². The maximum Gasteiger partial charge on any atom is 0.0950 e. The summed E-state index contributed by atoms with van der Waals surface area (Å²) in [7, 11) is -1.51. The molecule has 4 aromatic carbocycles. The quantitative estimate of drug-likeness (QED) is 0.276. The number of halogens is 1. The highest BCUT2D eigenvalue weighted by atomic mass is 35.5. The van der Waals surface area contributed by atoms with E-state index in [1.165, 1.54) is 22.0 Å². The van der Waals surface area contributed by atoms with Crippen LogP contribution in [0.15, 0.2) is 121 Å². The van der Waals surface area contributed by atoms with Crippen LogP contribution >= 0.6 is 19.7 Å². The van der Waals surface area contributed by atoms with Gasteiger partial charge in [-0.1, -0.05) is 109 Å². The molecule has 0 heterocycles. The van der Waals surface area contributed by atoms with E-state index in [1.807, 2.05) is 0 Å². The van der Waals surface area contributed by atoms with Crippen molar-refractivity contribution < 1.29 is 0 Å². The molecule has 4 rings (SSSR count). The van der Waals surface area contributed by atoms with E-state index in [1.54, 1.807) is 0 Å². The van der Waals surface area contributed by atoms with Crippen molar-refractivity contribution in [1.82, 2.24) is 0 Å². The lowest BCUT2D eigenvalue weighted by atomic mass is 10.2. The van der Waals surface area contributed by atoms with Crippen LogP contribution in [0.5, 0.6) is 0 Å². The highest BCUT2D eigenvalue weighted by molar-refractivity contribution is 7.80. The summed E-state index contributed by atoms with van der Waals surface area (Å²) in [6, 6.07) is 44.3. The summed E-state index contributed by atoms with van der Waals surface area (Å²) in [5, 5.41) is 1.52. The molecule has 0 bridgehead atoms. The summed E-state index contributed by atoms with van der Waals surface area (Å²) >= 11 is 0. The van der Waals surface area contributed by atoms with Crippen LogP contribution in [0.1, 0.15) is 16.7 Å². The summed E-state index contributed by atoms with van der Waals surface area (Å²) in [5.74, 6) is 0. The Morgan fingerprint density at radius 1 is 0.379 bits per heavy atom. The van der Waals surface area contributed by atoms with E-state index in [-0.39, 0.29) is 12.4 Å². The Hall–Kier alpha value is -2.40. The lowest BCUT2D eigenvalue weighted by Crippen LogP contribution is -2.17. The van der Waals surface area contributed by atoms with Crippen molar-refractivity contribution in [3.05, 3.63) is 138 Å². The predicted molar refractivity (Wildman–Crippen MR) is 131 cm³/mol. The Labute approximate surface area is 181 Å². The first-order valence-corrected chi connectivity index (χ1v) is 12.2. The molecule has 0 nitrogen and oxygen atoms in total. The molecule has 0 spiro atoms. The molecule has 0 aliphatic carbocycles. The number of hydrogen-bond acceptors (Lipinski definition) is 0. The van der Waals surface area contributed by atoms with Gasteiger partial charge >= 0.3 is 0 Å². The minimum absolute atomic E-state index is 0. The Bertz CT molecular complexity index is 869. The van der Waals surface area contributed by atoms with Gasteiger partial charge in [-0.3, -0.25) is 0 Å². The van der Waals surface area contributed by atoms with Crippen LogP contribution in [-0.2, 0) is 18.5 Å². The van der Waals surface area contributed by atoms with Crippen molar-refractivity contribution in [2.45, 2.75) is 18.5 Å². The molecule has 0 saturated carbocycles. The second-order valence-electron chi connectivity index (χ2n) is 7.41. The predicted octanol–water partition coefficient (Wildman–Crippen LogP) is 7.35. The van der Waals surface area contributed by atoms with E-state index in [9.17, 15) is 0 Å². The largest absolute Gasteiger partial charge is 0.147 e. The van der Waals surface area contributed by atoms with Gasteiger partial charge in [-0.2, -0.15) is 0 Å². The Balaban J connectivity index is 0.00000240. The van der Waals surface area contributed by atoms with Crippen molar-refractivity contribution in [3.8, 4) is 0 Å². The average Bonchev–Trinajstić information content (AvgIpc) is 2.76. The molecule has 2 heteroatoms. The third kappa shape index (κ3) is 5.57. The molecule has 0 aliphatic rings. The third-order valence-corrected chi connectivity index (χ3v) is 9.59. The summed E-state index contributed by atoms with van der Waals surface area (Å²) in [5.41, 5.74) is 4.31. The Kier molecular flexibility index (Phi) is 7.64. The van der Waals surface area contributed by atoms with E-state index in [4.69, 9.17) is 0 Å². The van der Waals surface area contributed by atoms with Crippen molar-refractivity contribution in [2.75, 3.05) is 0 Å². The Morgan fingerprint density at radius 2 is 0.655 bits per heavy atom. The first-order valence-electron chi connectivity index (χ1n) is 9.88. The number of rotatable bonds is 7. The van der Waals surface area contributed by atoms with Gasteiger partial charge in [0.1, 0.15) is 0 Å². The van der Waals surface area contributed by atoms with Gasteiger partial charge in [-0.15, -0.1) is 12.4 Å². The zero-order chi connectivity index (χ0) is 19.1. The zero-order valence-electron chi connectivity index (χ0n) is 16.5. The SMILES string of the molecule is Cl.c1ccc(C[P+](Cc2ccccc2)(Cc2ccccc2)c2ccccc2)cc1. The molecule has 0 saturated heterocycles. The normalized spacial score (nSPS) is 10.9. The molecule has 146 valence electrons. The smallest absolute Gasteiger partial charge is 0.0950 e. The lowest BCUT2D eigenvalue weighted by molar-refractivity contribution is 1.23. The van der Waals surface area contributed by atoms with Crippen LogP contribution in [0.2, 0.25) is 0 Å². The van der Waals surface area contributed by atoms with E-state index < -0.39 is 7.26 Å². The topological polar surface area (TPSA) is 0 Å². The van der Waals surface area contributed by atoms with Crippen LogP contribution in [0.3, 0.4) is 0 Å². The number of hydrogen-bond donors (Lipinski definition) is 0. The first-order chi connectivity index (χ1) is 13.8. The summed E-state index contributed by atoms with van der Waals surface area (Å²) in [6.07, 6.45) is 3.38. The summed E-state index contributed by atoms with van der Waals surface area (Å²) in [6.45, 7) is 0. The van der Waals surface area contributed by atoms with Gasteiger partial charge in [-0.05, 0) is 28.8 Å². The van der Waals surface area contributed by atoms with Gasteiger partial charge < -0.3 is 0 Å². The molecule has 0 radical (unpaired) electrons. The van der Waals surface area contributed by atoms with E-state index in [0.29, 0.717) is 0 Å². The highest BCUT2D eigenvalue weighted by Gasteiger charge is 2.40. The summed E-state index contributed by atoms with van der Waals surface area (Å²) < 4.78 is 0. The third-order valence-electron chi connectivity index (χ3n) is 5.29. The van der Waals surface area contributed by atoms with Crippen molar-refractivity contribution in [1.29, 1.82) is 0 Å². The van der Waals surface area contributed by atoms with Crippen LogP contribution in [0.4, 0.5) is 0 Å². The van der Waals surface area contributed by atoms with Gasteiger partial charge in [0.15, 0.2) is 0 Å². The molecule has 0 aromatic heterocycles. The second kappa shape index (κ2) is 10.4. The Morgan fingerprint density at radius 3 is 0.966 bits per heavy atom. The molecular weight excluding hydrogens is 391 g/mol. The van der Waals surface area contributed by atoms with Gasteiger partial charge in [0.25, 0.3) is 0 Å². The molecule has 0 unspecified atom stereocenters. The van der Waals surface area contributed by atoms with Gasteiger partial charge in [0, 0.05) is 0 Å². The van der Waals surface area contributed by atoms with Crippen molar-refractivity contribution >= 4 is 25.0 Å². The van der Waals surface area contributed by atoms with Crippen LogP contribution in [0, 0.1) is 0 Å². The van der Waals surface area contributed by atoms with Crippen LogP contribution in [0.25, 0.3) is 0 Å². The number of benzene rings is 4. The zero-order valence-corrected chi connectivity index (χ0v) is 18.2. The fourth-order valence-corrected chi connectivity index (χ4v) is 8.40. The average molecular weight is 418 g/mol. The molecule has 0 fully saturated rings. The fourth-order valence-electron chi connectivity index (χ4n) is 3.98. The summed E-state index contributed by atoms with van der Waals surface area (Å²) in [4.78, 5) is 0. The van der Waals surface area contributed by atoms with Crippen molar-refractivity contribution in [2.24, 2.45) is 0 Å². The van der Waals surface area contributed by atoms with E-state index >= 15 is 0 Å². The van der Waals surface area contributed by atoms with Gasteiger partial charge in [0.2, 0.25) is 0 Å². The standard InChI is InChI=1S/C27H26P.ClH/c1-5-13-24(14-6-1)21-28(27-19-11-4-12-20-27,22-25-15-7-2-8-16-25)23-26-17-9-3-10-18-26;/h1-20H,21-23H2;1H/q+1;. The first kappa shape index (κ1) is 21.3. The molecule has 29 heavy (non-hydrogen) atoms. The maximum atomic E-state index is 2.35. The molecule has 4 aromatic rings. The maximum absolute atomic E-state index is 2.35. The molecule has 0 aliphatic heterocycles. The minimum atomic E-state index is -1.51. The highest BCUT2D eigenvalue weighted by Crippen LogP contribution is 2.65. The van der Waals surface area contributed by atoms with E-state index in [2.05, 4.69) is 121 Å². The molecule has 0 atom stereocenters. The van der Waals surface area contributed by atoms with Gasteiger partial charge in [0.05, 0.1) is 31.1 Å². The molecule has 0 amide bonds. The fraction of sp³-hybridized carbons (Fsp3) is 0.111. The van der Waals surface area contributed by atoms with E-state index in [0.717, 1.165) is 18.5 Å². The monoisotopic (exact) mass is 417 g/mol. The lowest BCUT2D eigenvalue weighted by Gasteiger charge is -2.28. The minimum Gasteiger partial charge on any atom is -0.147 e. The molecule has 0 N–H and O–H groups in total. The van der Waals surface area contributed by atoms with Crippen molar-refractivity contribution in [3.63, 3.8) is 0 Å². The molecular formula is C27H27ClP+. The van der Waals surface area contributed by atoms with Crippen LogP contribution < -0.4 is 5.30 Å².